The first-order valence-corrected chi connectivity index (χ1v) is 8.08. The lowest BCUT2D eigenvalue weighted by Gasteiger charge is -2.09. The Bertz CT molecular complexity index is 674. The summed E-state index contributed by atoms with van der Waals surface area (Å²) in [7, 11) is 1.66. The summed E-state index contributed by atoms with van der Waals surface area (Å²) in [6.45, 7) is 1.13. The first kappa shape index (κ1) is 15.8. The van der Waals surface area contributed by atoms with E-state index < -0.39 is 0 Å². The molecular formula is C19H22O4. The normalized spacial score (nSPS) is 17.3. The molecule has 1 aliphatic heterocycles. The predicted octanol–water partition coefficient (Wildman–Crippen LogP) is 3.85. The first-order chi connectivity index (χ1) is 11.2. The zero-order valence-electron chi connectivity index (χ0n) is 13.4. The third-order valence-corrected chi connectivity index (χ3v) is 4.21. The van der Waals surface area contributed by atoms with Gasteiger partial charge in [0.1, 0.15) is 12.4 Å². The molecule has 1 saturated heterocycles. The fraction of sp³-hybridized carbons (Fsp3) is 0.421. The summed E-state index contributed by atoms with van der Waals surface area (Å²) in [4.78, 5) is 11.8. The average molecular weight is 314 g/mol. The molecule has 3 rings (SSSR count). The van der Waals surface area contributed by atoms with Gasteiger partial charge in [-0.2, -0.15) is 0 Å². The van der Waals surface area contributed by atoms with Crippen molar-refractivity contribution in [1.29, 1.82) is 0 Å². The van der Waals surface area contributed by atoms with Crippen LogP contribution in [0.5, 0.6) is 5.75 Å². The average Bonchev–Trinajstić information content (AvgIpc) is 3.11. The van der Waals surface area contributed by atoms with Crippen LogP contribution in [-0.2, 0) is 20.9 Å². The molecule has 1 aliphatic rings. The van der Waals surface area contributed by atoms with Crippen LogP contribution in [0.2, 0.25) is 0 Å². The number of methoxy groups -OCH3 is 1. The highest BCUT2D eigenvalue weighted by molar-refractivity contribution is 5.84. The highest BCUT2D eigenvalue weighted by Gasteiger charge is 2.17. The van der Waals surface area contributed by atoms with Crippen LogP contribution in [-0.4, -0.2) is 25.8 Å². The van der Waals surface area contributed by atoms with E-state index in [-0.39, 0.29) is 12.1 Å². The lowest BCUT2D eigenvalue weighted by atomic mass is 10.1. The van der Waals surface area contributed by atoms with Gasteiger partial charge in [-0.1, -0.05) is 18.2 Å². The molecule has 122 valence electrons. The van der Waals surface area contributed by atoms with Gasteiger partial charge in [0.15, 0.2) is 0 Å². The molecule has 2 aromatic carbocycles. The minimum absolute atomic E-state index is 0.157. The van der Waals surface area contributed by atoms with Crippen LogP contribution in [0.1, 0.15) is 31.2 Å². The van der Waals surface area contributed by atoms with Gasteiger partial charge in [-0.05, 0) is 53.8 Å². The Morgan fingerprint density at radius 1 is 1.22 bits per heavy atom. The Balaban J connectivity index is 1.53. The number of hydrogen-bond donors (Lipinski definition) is 0. The second-order valence-corrected chi connectivity index (χ2v) is 5.88. The van der Waals surface area contributed by atoms with Crippen molar-refractivity contribution in [1.82, 2.24) is 0 Å². The molecule has 0 bridgehead atoms. The van der Waals surface area contributed by atoms with Gasteiger partial charge in [-0.25, -0.2) is 0 Å². The maximum atomic E-state index is 11.8. The van der Waals surface area contributed by atoms with Crippen molar-refractivity contribution in [3.8, 4) is 5.75 Å². The largest absolute Gasteiger partial charge is 0.497 e. The fourth-order valence-corrected chi connectivity index (χ4v) is 2.88. The maximum absolute atomic E-state index is 11.8. The zero-order chi connectivity index (χ0) is 16.1. The van der Waals surface area contributed by atoms with E-state index in [4.69, 9.17) is 14.2 Å². The number of carbonyl (C=O) groups excluding carboxylic acids is 1. The highest BCUT2D eigenvalue weighted by Crippen LogP contribution is 2.22. The van der Waals surface area contributed by atoms with Gasteiger partial charge < -0.3 is 14.2 Å². The molecule has 2 aromatic rings. The molecular weight excluding hydrogens is 292 g/mol. The third kappa shape index (κ3) is 4.23. The van der Waals surface area contributed by atoms with Gasteiger partial charge in [-0.15, -0.1) is 0 Å². The van der Waals surface area contributed by atoms with Crippen LogP contribution in [0.15, 0.2) is 36.4 Å². The van der Waals surface area contributed by atoms with Crippen molar-refractivity contribution in [3.63, 3.8) is 0 Å². The summed E-state index contributed by atoms with van der Waals surface area (Å²) in [6.07, 6.45) is 3.58. The number of esters is 1. The number of carbonyl (C=O) groups is 1. The number of ether oxygens (including phenoxy) is 3. The third-order valence-electron chi connectivity index (χ3n) is 4.21. The van der Waals surface area contributed by atoms with Gasteiger partial charge in [0.05, 0.1) is 13.2 Å². The molecule has 0 N–H and O–H groups in total. The van der Waals surface area contributed by atoms with Crippen molar-refractivity contribution < 1.29 is 19.0 Å². The van der Waals surface area contributed by atoms with Crippen LogP contribution in [0.4, 0.5) is 0 Å². The number of rotatable bonds is 6. The van der Waals surface area contributed by atoms with Gasteiger partial charge in [0.2, 0.25) is 0 Å². The first-order valence-electron chi connectivity index (χ1n) is 8.08. The summed E-state index contributed by atoms with van der Waals surface area (Å²) in [6, 6.07) is 12.0. The Morgan fingerprint density at radius 3 is 2.83 bits per heavy atom. The van der Waals surface area contributed by atoms with Crippen LogP contribution < -0.4 is 4.74 Å². The zero-order valence-corrected chi connectivity index (χ0v) is 13.4. The van der Waals surface area contributed by atoms with E-state index in [9.17, 15) is 4.79 Å². The van der Waals surface area contributed by atoms with E-state index in [0.29, 0.717) is 13.0 Å². The van der Waals surface area contributed by atoms with Crippen molar-refractivity contribution >= 4 is 16.7 Å². The van der Waals surface area contributed by atoms with E-state index in [1.807, 2.05) is 36.4 Å². The quantitative estimate of drug-likeness (QED) is 0.760. The summed E-state index contributed by atoms with van der Waals surface area (Å²) >= 11 is 0. The molecule has 1 heterocycles. The summed E-state index contributed by atoms with van der Waals surface area (Å²) < 4.78 is 16.1. The molecule has 1 unspecified atom stereocenters. The molecule has 1 atom stereocenters. The SMILES string of the molecule is COc1ccc2cc(COC(=O)CCC3CCCO3)ccc2c1. The molecule has 1 fully saturated rings. The molecule has 0 aromatic heterocycles. The maximum Gasteiger partial charge on any atom is 0.306 e. The Labute approximate surface area is 136 Å². The highest BCUT2D eigenvalue weighted by atomic mass is 16.5. The molecule has 0 aliphatic carbocycles. The van der Waals surface area contributed by atoms with Crippen molar-refractivity contribution in [2.45, 2.75) is 38.4 Å². The summed E-state index contributed by atoms with van der Waals surface area (Å²) in [5.41, 5.74) is 0.994. The van der Waals surface area contributed by atoms with Crippen LogP contribution in [0.3, 0.4) is 0 Å². The number of hydrogen-bond acceptors (Lipinski definition) is 4. The second-order valence-electron chi connectivity index (χ2n) is 5.88. The smallest absolute Gasteiger partial charge is 0.306 e. The van der Waals surface area contributed by atoms with Gasteiger partial charge in [0.25, 0.3) is 0 Å². The van der Waals surface area contributed by atoms with Gasteiger partial charge >= 0.3 is 5.97 Å². The fourth-order valence-electron chi connectivity index (χ4n) is 2.88. The monoisotopic (exact) mass is 314 g/mol. The minimum atomic E-state index is -0.157. The molecule has 0 spiro atoms. The lowest BCUT2D eigenvalue weighted by Crippen LogP contribution is -2.11. The molecule has 0 radical (unpaired) electrons. The van der Waals surface area contributed by atoms with E-state index in [1.54, 1.807) is 7.11 Å². The van der Waals surface area contributed by atoms with E-state index in [1.165, 1.54) is 0 Å². The summed E-state index contributed by atoms with van der Waals surface area (Å²) in [5.74, 6) is 0.682. The number of benzene rings is 2. The molecule has 0 saturated carbocycles. The van der Waals surface area contributed by atoms with Crippen molar-refractivity contribution in [2.75, 3.05) is 13.7 Å². The van der Waals surface area contributed by atoms with E-state index in [0.717, 1.165) is 48.0 Å². The van der Waals surface area contributed by atoms with Crippen molar-refractivity contribution in [2.24, 2.45) is 0 Å². The Hall–Kier alpha value is -2.07. The Morgan fingerprint density at radius 2 is 2.04 bits per heavy atom. The molecule has 0 amide bonds. The van der Waals surface area contributed by atoms with Crippen LogP contribution >= 0.6 is 0 Å². The minimum Gasteiger partial charge on any atom is -0.497 e. The van der Waals surface area contributed by atoms with Gasteiger partial charge in [0, 0.05) is 13.0 Å². The van der Waals surface area contributed by atoms with Crippen molar-refractivity contribution in [3.05, 3.63) is 42.0 Å². The van der Waals surface area contributed by atoms with Gasteiger partial charge in [-0.3, -0.25) is 4.79 Å². The molecule has 4 nitrogen and oxygen atoms in total. The molecule has 4 heteroatoms. The van der Waals surface area contributed by atoms with E-state index in [2.05, 4.69) is 0 Å². The topological polar surface area (TPSA) is 44.8 Å². The standard InChI is InChI=1S/C19H22O4/c1-21-18-7-6-15-11-14(4-5-16(15)12-18)13-23-19(20)9-8-17-3-2-10-22-17/h4-7,11-12,17H,2-3,8-10,13H2,1H3. The summed E-state index contributed by atoms with van der Waals surface area (Å²) in [5, 5.41) is 2.22. The van der Waals surface area contributed by atoms with Crippen LogP contribution in [0.25, 0.3) is 10.8 Å². The van der Waals surface area contributed by atoms with E-state index >= 15 is 0 Å². The lowest BCUT2D eigenvalue weighted by molar-refractivity contribution is -0.145. The second kappa shape index (κ2) is 7.47. The predicted molar refractivity (Wildman–Crippen MR) is 88.5 cm³/mol. The number of fused-ring (bicyclic) bond motifs is 1. The van der Waals surface area contributed by atoms with Crippen LogP contribution in [0, 0.1) is 0 Å². The Kier molecular flexibility index (Phi) is 5.13. The molecule has 23 heavy (non-hydrogen) atoms.